The Balaban J connectivity index is 1.97. The van der Waals surface area contributed by atoms with Gasteiger partial charge in [0.2, 0.25) is 0 Å². The van der Waals surface area contributed by atoms with Crippen molar-refractivity contribution in [2.45, 2.75) is 19.2 Å². The molecule has 0 spiro atoms. The lowest BCUT2D eigenvalue weighted by Crippen LogP contribution is -2.31. The van der Waals surface area contributed by atoms with Crippen LogP contribution in [0.1, 0.15) is 6.92 Å². The van der Waals surface area contributed by atoms with E-state index in [2.05, 4.69) is 15.4 Å². The standard InChI is InChI=1S/C13H13F3N2O4/c1-7(22-6-13(14,15)16)12(20)17-8-2-3-10-9(4-8)18-11(19)5-21-10/h2-4,7H,5-6H2,1H3,(H,17,20)(H,18,19)/t7-/m1/s1. The molecule has 2 N–H and O–H groups in total. The van der Waals surface area contributed by atoms with Crippen molar-refractivity contribution in [2.24, 2.45) is 0 Å². The number of alkyl halides is 3. The van der Waals surface area contributed by atoms with Gasteiger partial charge in [-0.05, 0) is 25.1 Å². The summed E-state index contributed by atoms with van der Waals surface area (Å²) < 4.78 is 45.6. The molecular formula is C13H13F3N2O4. The minimum absolute atomic E-state index is 0.0962. The second kappa shape index (κ2) is 6.22. The zero-order valence-corrected chi connectivity index (χ0v) is 11.5. The first-order valence-electron chi connectivity index (χ1n) is 6.30. The van der Waals surface area contributed by atoms with Gasteiger partial charge in [0.1, 0.15) is 18.5 Å². The van der Waals surface area contributed by atoms with Crippen LogP contribution in [0.2, 0.25) is 0 Å². The molecule has 9 heteroatoms. The summed E-state index contributed by atoms with van der Waals surface area (Å²) >= 11 is 0. The van der Waals surface area contributed by atoms with Crippen LogP contribution in [0.15, 0.2) is 18.2 Å². The van der Waals surface area contributed by atoms with Gasteiger partial charge in [0.25, 0.3) is 11.8 Å². The zero-order chi connectivity index (χ0) is 16.3. The van der Waals surface area contributed by atoms with Crippen LogP contribution in [0, 0.1) is 0 Å². The van der Waals surface area contributed by atoms with Crippen LogP contribution in [-0.4, -0.2) is 37.3 Å². The Hall–Kier alpha value is -2.29. The van der Waals surface area contributed by atoms with Crippen molar-refractivity contribution in [3.63, 3.8) is 0 Å². The third kappa shape index (κ3) is 4.35. The molecule has 6 nitrogen and oxygen atoms in total. The predicted octanol–water partition coefficient (Wildman–Crippen LogP) is 1.92. The van der Waals surface area contributed by atoms with Crippen LogP contribution >= 0.6 is 0 Å². The molecular weight excluding hydrogens is 305 g/mol. The first-order valence-corrected chi connectivity index (χ1v) is 6.30. The minimum Gasteiger partial charge on any atom is -0.482 e. The van der Waals surface area contributed by atoms with Gasteiger partial charge < -0.3 is 20.1 Å². The molecule has 0 aliphatic carbocycles. The van der Waals surface area contributed by atoms with E-state index in [0.29, 0.717) is 17.1 Å². The molecule has 0 bridgehead atoms. The molecule has 2 amide bonds. The van der Waals surface area contributed by atoms with Gasteiger partial charge in [0.15, 0.2) is 6.61 Å². The van der Waals surface area contributed by atoms with Crippen LogP contribution in [0.5, 0.6) is 5.75 Å². The number of rotatable bonds is 4. The molecule has 0 radical (unpaired) electrons. The van der Waals surface area contributed by atoms with Gasteiger partial charge in [-0.15, -0.1) is 0 Å². The van der Waals surface area contributed by atoms with E-state index in [-0.39, 0.29) is 12.5 Å². The summed E-state index contributed by atoms with van der Waals surface area (Å²) in [5, 5.41) is 4.96. The van der Waals surface area contributed by atoms with Crippen molar-refractivity contribution < 1.29 is 32.2 Å². The van der Waals surface area contributed by atoms with E-state index in [9.17, 15) is 22.8 Å². The number of nitrogens with one attached hydrogen (secondary N) is 2. The molecule has 120 valence electrons. The highest BCUT2D eigenvalue weighted by atomic mass is 19.4. The number of hydrogen-bond donors (Lipinski definition) is 2. The molecule has 22 heavy (non-hydrogen) atoms. The lowest BCUT2D eigenvalue weighted by Gasteiger charge is -2.19. The molecule has 1 aromatic rings. The predicted molar refractivity (Wildman–Crippen MR) is 70.7 cm³/mol. The van der Waals surface area contributed by atoms with Crippen molar-refractivity contribution >= 4 is 23.2 Å². The summed E-state index contributed by atoms with van der Waals surface area (Å²) in [4.78, 5) is 22.9. The molecule has 0 saturated carbocycles. The Kier molecular flexibility index (Phi) is 4.55. The molecule has 1 heterocycles. The van der Waals surface area contributed by atoms with Gasteiger partial charge >= 0.3 is 6.18 Å². The Labute approximate surface area is 123 Å². The van der Waals surface area contributed by atoms with Gasteiger partial charge in [-0.1, -0.05) is 0 Å². The average molecular weight is 318 g/mol. The average Bonchev–Trinajstić information content (AvgIpc) is 2.43. The topological polar surface area (TPSA) is 76.7 Å². The summed E-state index contributed by atoms with van der Waals surface area (Å²) in [5.74, 6) is -0.621. The molecule has 0 saturated heterocycles. The molecule has 1 aliphatic heterocycles. The first kappa shape index (κ1) is 16.1. The number of anilines is 2. The van der Waals surface area contributed by atoms with Gasteiger partial charge in [-0.25, -0.2) is 0 Å². The second-order valence-corrected chi connectivity index (χ2v) is 4.61. The number of ether oxygens (including phenoxy) is 2. The lowest BCUT2D eigenvalue weighted by atomic mass is 10.2. The molecule has 0 unspecified atom stereocenters. The lowest BCUT2D eigenvalue weighted by molar-refractivity contribution is -0.184. The van der Waals surface area contributed by atoms with E-state index in [4.69, 9.17) is 4.74 Å². The van der Waals surface area contributed by atoms with Crippen LogP contribution in [0.3, 0.4) is 0 Å². The zero-order valence-electron chi connectivity index (χ0n) is 11.5. The quantitative estimate of drug-likeness (QED) is 0.889. The van der Waals surface area contributed by atoms with Crippen molar-refractivity contribution in [1.29, 1.82) is 0 Å². The van der Waals surface area contributed by atoms with Gasteiger partial charge in [-0.2, -0.15) is 13.2 Å². The van der Waals surface area contributed by atoms with Crippen LogP contribution < -0.4 is 15.4 Å². The summed E-state index contributed by atoms with van der Waals surface area (Å²) in [7, 11) is 0. The second-order valence-electron chi connectivity index (χ2n) is 4.61. The largest absolute Gasteiger partial charge is 0.482 e. The van der Waals surface area contributed by atoms with E-state index in [0.717, 1.165) is 0 Å². The van der Waals surface area contributed by atoms with E-state index >= 15 is 0 Å². The first-order chi connectivity index (χ1) is 10.2. The molecule has 0 fully saturated rings. The highest BCUT2D eigenvalue weighted by Crippen LogP contribution is 2.30. The Morgan fingerprint density at radius 2 is 2.23 bits per heavy atom. The summed E-state index contributed by atoms with van der Waals surface area (Å²) in [5.41, 5.74) is 0.676. The molecule has 1 aliphatic rings. The minimum atomic E-state index is -4.50. The monoisotopic (exact) mass is 318 g/mol. The van der Waals surface area contributed by atoms with E-state index in [1.165, 1.54) is 25.1 Å². The van der Waals surface area contributed by atoms with E-state index < -0.39 is 24.8 Å². The maximum atomic E-state index is 12.0. The fourth-order valence-electron chi connectivity index (χ4n) is 1.70. The smallest absolute Gasteiger partial charge is 0.411 e. The maximum absolute atomic E-state index is 12.0. The van der Waals surface area contributed by atoms with Gasteiger partial charge in [-0.3, -0.25) is 9.59 Å². The third-order valence-corrected chi connectivity index (χ3v) is 2.75. The van der Waals surface area contributed by atoms with Gasteiger partial charge in [0, 0.05) is 5.69 Å². The number of hydrogen-bond acceptors (Lipinski definition) is 4. The normalized spacial score (nSPS) is 15.4. The fourth-order valence-corrected chi connectivity index (χ4v) is 1.70. The SMILES string of the molecule is C[C@@H](OCC(F)(F)F)C(=O)Nc1ccc2c(c1)NC(=O)CO2. The molecule has 1 atom stereocenters. The van der Waals surface area contributed by atoms with Crippen molar-refractivity contribution in [3.8, 4) is 5.75 Å². The van der Waals surface area contributed by atoms with Crippen LogP contribution in [0.25, 0.3) is 0 Å². The van der Waals surface area contributed by atoms with Crippen molar-refractivity contribution in [3.05, 3.63) is 18.2 Å². The summed E-state index contributed by atoms with van der Waals surface area (Å²) in [6.07, 6.45) is -5.77. The van der Waals surface area contributed by atoms with Gasteiger partial charge in [0.05, 0.1) is 5.69 Å². The number of carbonyl (C=O) groups is 2. The molecule has 2 rings (SSSR count). The van der Waals surface area contributed by atoms with E-state index in [1.54, 1.807) is 0 Å². The Bertz CT molecular complexity index is 589. The molecule has 0 aromatic heterocycles. The van der Waals surface area contributed by atoms with Crippen molar-refractivity contribution in [1.82, 2.24) is 0 Å². The van der Waals surface area contributed by atoms with E-state index in [1.807, 2.05) is 0 Å². The Morgan fingerprint density at radius 3 is 2.91 bits per heavy atom. The number of benzene rings is 1. The highest BCUT2D eigenvalue weighted by molar-refractivity contribution is 5.98. The van der Waals surface area contributed by atoms with Crippen molar-refractivity contribution in [2.75, 3.05) is 23.8 Å². The Morgan fingerprint density at radius 1 is 1.50 bits per heavy atom. The molecule has 1 aromatic carbocycles. The highest BCUT2D eigenvalue weighted by Gasteiger charge is 2.30. The van der Waals surface area contributed by atoms with Crippen LogP contribution in [-0.2, 0) is 14.3 Å². The summed E-state index contributed by atoms with van der Waals surface area (Å²) in [6, 6.07) is 4.48. The third-order valence-electron chi connectivity index (χ3n) is 2.75. The summed E-state index contributed by atoms with van der Waals surface area (Å²) in [6.45, 7) is -0.388. The fraction of sp³-hybridized carbons (Fsp3) is 0.385. The maximum Gasteiger partial charge on any atom is 0.411 e. The number of carbonyl (C=O) groups excluding carboxylic acids is 2. The van der Waals surface area contributed by atoms with Crippen LogP contribution in [0.4, 0.5) is 24.5 Å². The number of halogens is 3. The number of fused-ring (bicyclic) bond motifs is 1. The number of amides is 2.